The monoisotopic (exact) mass is 178 g/mol. The minimum absolute atomic E-state index is 0.748. The molecule has 0 aliphatic heterocycles. The molecule has 0 fully saturated rings. The van der Waals surface area contributed by atoms with Gasteiger partial charge < -0.3 is 11.1 Å². The van der Waals surface area contributed by atoms with Crippen LogP contribution < -0.4 is 11.1 Å². The predicted molar refractivity (Wildman–Crippen MR) is 58.1 cm³/mol. The van der Waals surface area contributed by atoms with Crippen molar-refractivity contribution in [3.63, 3.8) is 0 Å². The van der Waals surface area contributed by atoms with Gasteiger partial charge in [0.25, 0.3) is 0 Å². The SMILES string of the molecule is Cc1ccc(C)c(NCCCN)c1. The summed E-state index contributed by atoms with van der Waals surface area (Å²) >= 11 is 0. The van der Waals surface area contributed by atoms with Gasteiger partial charge in [-0.25, -0.2) is 0 Å². The largest absolute Gasteiger partial charge is 0.385 e. The zero-order valence-corrected chi connectivity index (χ0v) is 8.43. The summed E-state index contributed by atoms with van der Waals surface area (Å²) in [5.41, 5.74) is 9.24. The van der Waals surface area contributed by atoms with Crippen LogP contribution in [0.15, 0.2) is 18.2 Å². The van der Waals surface area contributed by atoms with Crippen molar-refractivity contribution in [2.24, 2.45) is 5.73 Å². The van der Waals surface area contributed by atoms with Gasteiger partial charge in [-0.3, -0.25) is 0 Å². The van der Waals surface area contributed by atoms with Crippen molar-refractivity contribution in [1.82, 2.24) is 0 Å². The maximum Gasteiger partial charge on any atom is 0.0372 e. The fourth-order valence-corrected chi connectivity index (χ4v) is 1.25. The molecule has 0 aliphatic carbocycles. The van der Waals surface area contributed by atoms with Gasteiger partial charge >= 0.3 is 0 Å². The Labute approximate surface area is 80.1 Å². The summed E-state index contributed by atoms with van der Waals surface area (Å²) in [6.45, 7) is 5.93. The van der Waals surface area contributed by atoms with E-state index in [1.165, 1.54) is 16.8 Å². The minimum atomic E-state index is 0.748. The molecule has 2 nitrogen and oxygen atoms in total. The fourth-order valence-electron chi connectivity index (χ4n) is 1.25. The normalized spacial score (nSPS) is 10.1. The Bertz CT molecular complexity index is 269. The molecule has 0 aromatic heterocycles. The molecular weight excluding hydrogens is 160 g/mol. The van der Waals surface area contributed by atoms with Crippen LogP contribution in [0.25, 0.3) is 0 Å². The molecule has 0 unspecified atom stereocenters. The first-order chi connectivity index (χ1) is 6.24. The summed E-state index contributed by atoms with van der Waals surface area (Å²) in [5, 5.41) is 3.37. The molecule has 0 spiro atoms. The quantitative estimate of drug-likeness (QED) is 0.693. The van der Waals surface area contributed by atoms with Crippen molar-refractivity contribution in [1.29, 1.82) is 0 Å². The van der Waals surface area contributed by atoms with Crippen LogP contribution in [0.3, 0.4) is 0 Å². The van der Waals surface area contributed by atoms with Crippen LogP contribution in [-0.4, -0.2) is 13.1 Å². The van der Waals surface area contributed by atoms with Crippen LogP contribution in [0.2, 0.25) is 0 Å². The molecular formula is C11H18N2. The maximum absolute atomic E-state index is 5.42. The fraction of sp³-hybridized carbons (Fsp3) is 0.455. The van der Waals surface area contributed by atoms with Crippen LogP contribution >= 0.6 is 0 Å². The van der Waals surface area contributed by atoms with E-state index in [1.54, 1.807) is 0 Å². The molecule has 1 rings (SSSR count). The van der Waals surface area contributed by atoms with Gasteiger partial charge in [-0.05, 0) is 44.0 Å². The molecule has 0 heterocycles. The first kappa shape index (κ1) is 10.1. The number of nitrogens with one attached hydrogen (secondary N) is 1. The Hall–Kier alpha value is -1.02. The zero-order chi connectivity index (χ0) is 9.68. The maximum atomic E-state index is 5.42. The molecule has 1 aromatic carbocycles. The van der Waals surface area contributed by atoms with Gasteiger partial charge in [0.05, 0.1) is 0 Å². The molecule has 13 heavy (non-hydrogen) atoms. The van der Waals surface area contributed by atoms with Gasteiger partial charge in [0, 0.05) is 12.2 Å². The van der Waals surface area contributed by atoms with Crippen molar-refractivity contribution < 1.29 is 0 Å². The van der Waals surface area contributed by atoms with Gasteiger partial charge in [-0.15, -0.1) is 0 Å². The molecule has 0 saturated carbocycles. The summed E-state index contributed by atoms with van der Waals surface area (Å²) in [6, 6.07) is 6.44. The Kier molecular flexibility index (Phi) is 3.77. The molecule has 0 atom stereocenters. The summed E-state index contributed by atoms with van der Waals surface area (Å²) in [7, 11) is 0. The molecule has 0 saturated heterocycles. The molecule has 2 heteroatoms. The molecule has 0 amide bonds. The molecule has 0 radical (unpaired) electrons. The van der Waals surface area contributed by atoms with Crippen LogP contribution in [-0.2, 0) is 0 Å². The topological polar surface area (TPSA) is 38.0 Å². The van der Waals surface area contributed by atoms with E-state index < -0.39 is 0 Å². The zero-order valence-electron chi connectivity index (χ0n) is 8.43. The van der Waals surface area contributed by atoms with Crippen molar-refractivity contribution in [3.05, 3.63) is 29.3 Å². The van der Waals surface area contributed by atoms with E-state index in [0.29, 0.717) is 0 Å². The summed E-state index contributed by atoms with van der Waals surface area (Å²) in [4.78, 5) is 0. The summed E-state index contributed by atoms with van der Waals surface area (Å²) < 4.78 is 0. The Morgan fingerprint density at radius 3 is 2.77 bits per heavy atom. The van der Waals surface area contributed by atoms with Gasteiger partial charge in [-0.1, -0.05) is 12.1 Å². The molecule has 3 N–H and O–H groups in total. The third-order valence-corrected chi connectivity index (χ3v) is 2.09. The Balaban J connectivity index is 2.59. The second-order valence-electron chi connectivity index (χ2n) is 3.39. The Morgan fingerprint density at radius 2 is 2.08 bits per heavy atom. The van der Waals surface area contributed by atoms with E-state index in [4.69, 9.17) is 5.73 Å². The van der Waals surface area contributed by atoms with Gasteiger partial charge in [0.1, 0.15) is 0 Å². The van der Waals surface area contributed by atoms with E-state index in [-0.39, 0.29) is 0 Å². The van der Waals surface area contributed by atoms with E-state index >= 15 is 0 Å². The molecule has 72 valence electrons. The lowest BCUT2D eigenvalue weighted by Crippen LogP contribution is -2.09. The molecule has 0 bridgehead atoms. The highest BCUT2D eigenvalue weighted by Gasteiger charge is 1.96. The number of aryl methyl sites for hydroxylation is 2. The number of nitrogens with two attached hydrogens (primary N) is 1. The smallest absolute Gasteiger partial charge is 0.0372 e. The van der Waals surface area contributed by atoms with Gasteiger partial charge in [-0.2, -0.15) is 0 Å². The minimum Gasteiger partial charge on any atom is -0.385 e. The number of benzene rings is 1. The average molecular weight is 178 g/mol. The molecule has 0 aliphatic rings. The van der Waals surface area contributed by atoms with Crippen LogP contribution in [0.5, 0.6) is 0 Å². The summed E-state index contributed by atoms with van der Waals surface area (Å²) in [5.74, 6) is 0. The van der Waals surface area contributed by atoms with E-state index in [9.17, 15) is 0 Å². The molecule has 1 aromatic rings. The third kappa shape index (κ3) is 3.07. The van der Waals surface area contributed by atoms with Crippen molar-refractivity contribution in [2.75, 3.05) is 18.4 Å². The van der Waals surface area contributed by atoms with E-state index in [2.05, 4.69) is 37.4 Å². The second-order valence-corrected chi connectivity index (χ2v) is 3.39. The van der Waals surface area contributed by atoms with Crippen LogP contribution in [0, 0.1) is 13.8 Å². The second kappa shape index (κ2) is 4.87. The summed E-state index contributed by atoms with van der Waals surface area (Å²) in [6.07, 6.45) is 1.02. The van der Waals surface area contributed by atoms with Gasteiger partial charge in [0.15, 0.2) is 0 Å². The highest BCUT2D eigenvalue weighted by molar-refractivity contribution is 5.52. The van der Waals surface area contributed by atoms with Crippen molar-refractivity contribution >= 4 is 5.69 Å². The number of rotatable bonds is 4. The number of hydrogen-bond acceptors (Lipinski definition) is 2. The van der Waals surface area contributed by atoms with Crippen molar-refractivity contribution in [2.45, 2.75) is 20.3 Å². The highest BCUT2D eigenvalue weighted by Crippen LogP contribution is 2.15. The number of anilines is 1. The highest BCUT2D eigenvalue weighted by atomic mass is 14.9. The van der Waals surface area contributed by atoms with Crippen LogP contribution in [0.4, 0.5) is 5.69 Å². The lowest BCUT2D eigenvalue weighted by atomic mass is 10.1. The van der Waals surface area contributed by atoms with Gasteiger partial charge in [0.2, 0.25) is 0 Å². The number of hydrogen-bond donors (Lipinski definition) is 2. The third-order valence-electron chi connectivity index (χ3n) is 2.09. The van der Waals surface area contributed by atoms with Crippen molar-refractivity contribution in [3.8, 4) is 0 Å². The standard InChI is InChI=1S/C11H18N2/c1-9-4-5-10(2)11(8-9)13-7-3-6-12/h4-5,8,13H,3,6-7,12H2,1-2H3. The first-order valence-electron chi connectivity index (χ1n) is 4.75. The average Bonchev–Trinajstić information content (AvgIpc) is 2.11. The van der Waals surface area contributed by atoms with E-state index in [1.807, 2.05) is 0 Å². The lowest BCUT2D eigenvalue weighted by Gasteiger charge is -2.09. The first-order valence-corrected chi connectivity index (χ1v) is 4.75. The van der Waals surface area contributed by atoms with Crippen LogP contribution in [0.1, 0.15) is 17.5 Å². The lowest BCUT2D eigenvalue weighted by molar-refractivity contribution is 0.873. The van der Waals surface area contributed by atoms with E-state index in [0.717, 1.165) is 19.5 Å². The Morgan fingerprint density at radius 1 is 1.31 bits per heavy atom. The predicted octanol–water partition coefficient (Wildman–Crippen LogP) is 2.06.